The van der Waals surface area contributed by atoms with E-state index in [-0.39, 0.29) is 17.9 Å². The van der Waals surface area contributed by atoms with Gasteiger partial charge >= 0.3 is 0 Å². The van der Waals surface area contributed by atoms with Crippen LogP contribution < -0.4 is 14.8 Å². The summed E-state index contributed by atoms with van der Waals surface area (Å²) in [7, 11) is 1.96. The zero-order chi connectivity index (χ0) is 17.4. The molecule has 0 spiro atoms. The standard InChI is InChI=1S/C19H23N3O3/c1-12(13-6-7-17-18(10-13)25-9-8-24-17)19(23)21-15-4-3-5-16-14(15)11-20-22(16)2/h6-7,10-12,15H,3-5,8-9H2,1-2H3,(H,21,23)/t12-,15-/m1/s1. The summed E-state index contributed by atoms with van der Waals surface area (Å²) in [5.41, 5.74) is 3.31. The van der Waals surface area contributed by atoms with Crippen molar-refractivity contribution in [2.45, 2.75) is 38.1 Å². The quantitative estimate of drug-likeness (QED) is 0.931. The van der Waals surface area contributed by atoms with Crippen LogP contribution in [0.15, 0.2) is 24.4 Å². The van der Waals surface area contributed by atoms with Crippen molar-refractivity contribution in [3.8, 4) is 11.5 Å². The van der Waals surface area contributed by atoms with Crippen molar-refractivity contribution in [3.05, 3.63) is 41.2 Å². The summed E-state index contributed by atoms with van der Waals surface area (Å²) in [6.45, 7) is 3.04. The Kier molecular flexibility index (Phi) is 4.11. The predicted octanol–water partition coefficient (Wildman–Crippen LogP) is 2.49. The van der Waals surface area contributed by atoms with Crippen molar-refractivity contribution in [1.82, 2.24) is 15.1 Å². The highest BCUT2D eigenvalue weighted by Crippen LogP contribution is 2.34. The molecule has 1 amide bonds. The minimum atomic E-state index is -0.252. The second-order valence-electron chi connectivity index (χ2n) is 6.75. The number of nitrogens with zero attached hydrogens (tertiary/aromatic N) is 2. The van der Waals surface area contributed by atoms with E-state index in [1.54, 1.807) is 0 Å². The number of benzene rings is 1. The topological polar surface area (TPSA) is 65.4 Å². The minimum absolute atomic E-state index is 0.0263. The molecule has 132 valence electrons. The first kappa shape index (κ1) is 16.0. The molecule has 25 heavy (non-hydrogen) atoms. The second kappa shape index (κ2) is 6.43. The average molecular weight is 341 g/mol. The van der Waals surface area contributed by atoms with Gasteiger partial charge in [0, 0.05) is 18.3 Å². The van der Waals surface area contributed by atoms with Gasteiger partial charge in [0.1, 0.15) is 13.2 Å². The number of rotatable bonds is 3. The van der Waals surface area contributed by atoms with Crippen LogP contribution in [0, 0.1) is 0 Å². The normalized spacial score (nSPS) is 19.8. The Hall–Kier alpha value is -2.50. The Morgan fingerprint density at radius 1 is 1.32 bits per heavy atom. The molecular weight excluding hydrogens is 318 g/mol. The van der Waals surface area contributed by atoms with E-state index >= 15 is 0 Å². The third-order valence-electron chi connectivity index (χ3n) is 5.15. The van der Waals surface area contributed by atoms with Gasteiger partial charge in [-0.3, -0.25) is 9.48 Å². The van der Waals surface area contributed by atoms with Crippen LogP contribution in [-0.2, 0) is 18.3 Å². The highest BCUT2D eigenvalue weighted by atomic mass is 16.6. The molecule has 0 bridgehead atoms. The van der Waals surface area contributed by atoms with Gasteiger partial charge in [-0.05, 0) is 43.9 Å². The Morgan fingerprint density at radius 3 is 2.96 bits per heavy atom. The number of hydrogen-bond donors (Lipinski definition) is 1. The molecule has 0 fully saturated rings. The van der Waals surface area contributed by atoms with E-state index in [9.17, 15) is 4.79 Å². The summed E-state index contributed by atoms with van der Waals surface area (Å²) in [5.74, 6) is 1.24. The largest absolute Gasteiger partial charge is 0.486 e. The summed E-state index contributed by atoms with van der Waals surface area (Å²) in [6.07, 6.45) is 4.93. The van der Waals surface area contributed by atoms with Crippen LogP contribution in [0.5, 0.6) is 11.5 Å². The molecule has 0 saturated carbocycles. The highest BCUT2D eigenvalue weighted by Gasteiger charge is 2.27. The molecule has 1 aliphatic heterocycles. The maximum absolute atomic E-state index is 12.8. The van der Waals surface area contributed by atoms with Gasteiger partial charge in [0.2, 0.25) is 5.91 Å². The van der Waals surface area contributed by atoms with Gasteiger partial charge in [0.25, 0.3) is 0 Å². The summed E-state index contributed by atoms with van der Waals surface area (Å²) in [6, 6.07) is 5.78. The maximum Gasteiger partial charge on any atom is 0.227 e. The fraction of sp³-hybridized carbons (Fsp3) is 0.474. The molecule has 6 heteroatoms. The lowest BCUT2D eigenvalue weighted by molar-refractivity contribution is -0.123. The number of carbonyl (C=O) groups excluding carboxylic acids is 1. The monoisotopic (exact) mass is 341 g/mol. The molecule has 0 saturated heterocycles. The molecule has 2 atom stereocenters. The molecule has 1 aromatic heterocycles. The van der Waals surface area contributed by atoms with Crippen molar-refractivity contribution in [2.24, 2.45) is 7.05 Å². The predicted molar refractivity (Wildman–Crippen MR) is 92.9 cm³/mol. The lowest BCUT2D eigenvalue weighted by Crippen LogP contribution is -2.33. The molecular formula is C19H23N3O3. The van der Waals surface area contributed by atoms with Gasteiger partial charge in [-0.25, -0.2) is 0 Å². The molecule has 2 heterocycles. The Labute approximate surface area is 147 Å². The van der Waals surface area contributed by atoms with E-state index in [2.05, 4.69) is 10.4 Å². The summed E-state index contributed by atoms with van der Waals surface area (Å²) >= 11 is 0. The lowest BCUT2D eigenvalue weighted by Gasteiger charge is -2.26. The van der Waals surface area contributed by atoms with Gasteiger partial charge in [0.15, 0.2) is 11.5 Å². The number of aromatic nitrogens is 2. The number of nitrogens with one attached hydrogen (secondary N) is 1. The Balaban J connectivity index is 1.50. The van der Waals surface area contributed by atoms with Crippen LogP contribution in [0.2, 0.25) is 0 Å². The summed E-state index contributed by atoms with van der Waals surface area (Å²) < 4.78 is 13.1. The molecule has 0 unspecified atom stereocenters. The summed E-state index contributed by atoms with van der Waals surface area (Å²) in [4.78, 5) is 12.8. The number of aryl methyl sites for hydroxylation is 1. The number of hydrogen-bond acceptors (Lipinski definition) is 4. The fourth-order valence-corrected chi connectivity index (χ4v) is 3.63. The van der Waals surface area contributed by atoms with Crippen molar-refractivity contribution in [2.75, 3.05) is 13.2 Å². The van der Waals surface area contributed by atoms with E-state index in [0.29, 0.717) is 13.2 Å². The molecule has 4 rings (SSSR count). The number of ether oxygens (including phenoxy) is 2. The third-order valence-corrected chi connectivity index (χ3v) is 5.15. The average Bonchev–Trinajstić information content (AvgIpc) is 3.03. The Bertz CT molecular complexity index is 799. The first-order valence-electron chi connectivity index (χ1n) is 8.84. The molecule has 2 aliphatic rings. The van der Waals surface area contributed by atoms with E-state index in [1.807, 2.05) is 43.0 Å². The van der Waals surface area contributed by atoms with Crippen molar-refractivity contribution in [3.63, 3.8) is 0 Å². The first-order chi connectivity index (χ1) is 12.1. The molecule has 1 aliphatic carbocycles. The van der Waals surface area contributed by atoms with Gasteiger partial charge in [-0.2, -0.15) is 5.10 Å². The van der Waals surface area contributed by atoms with Crippen LogP contribution in [0.25, 0.3) is 0 Å². The van der Waals surface area contributed by atoms with Crippen molar-refractivity contribution in [1.29, 1.82) is 0 Å². The fourth-order valence-electron chi connectivity index (χ4n) is 3.63. The maximum atomic E-state index is 12.8. The molecule has 1 aromatic carbocycles. The smallest absolute Gasteiger partial charge is 0.227 e. The van der Waals surface area contributed by atoms with Crippen LogP contribution in [0.1, 0.15) is 48.5 Å². The second-order valence-corrected chi connectivity index (χ2v) is 6.75. The van der Waals surface area contributed by atoms with Crippen LogP contribution in [0.4, 0.5) is 0 Å². The summed E-state index contributed by atoms with van der Waals surface area (Å²) in [5, 5.41) is 7.54. The van der Waals surface area contributed by atoms with Crippen LogP contribution >= 0.6 is 0 Å². The van der Waals surface area contributed by atoms with Gasteiger partial charge in [-0.15, -0.1) is 0 Å². The highest BCUT2D eigenvalue weighted by molar-refractivity contribution is 5.84. The van der Waals surface area contributed by atoms with Crippen molar-refractivity contribution >= 4 is 5.91 Å². The molecule has 1 N–H and O–H groups in total. The van der Waals surface area contributed by atoms with Gasteiger partial charge in [0.05, 0.1) is 18.2 Å². The number of carbonyl (C=O) groups is 1. The Morgan fingerprint density at radius 2 is 2.12 bits per heavy atom. The van der Waals surface area contributed by atoms with E-state index in [4.69, 9.17) is 9.47 Å². The minimum Gasteiger partial charge on any atom is -0.486 e. The first-order valence-corrected chi connectivity index (χ1v) is 8.84. The van der Waals surface area contributed by atoms with Crippen LogP contribution in [0.3, 0.4) is 0 Å². The van der Waals surface area contributed by atoms with E-state index in [1.165, 1.54) is 5.69 Å². The van der Waals surface area contributed by atoms with E-state index in [0.717, 1.165) is 41.9 Å². The molecule has 2 aromatic rings. The number of fused-ring (bicyclic) bond motifs is 2. The SMILES string of the molecule is C[C@@H](C(=O)N[C@@H]1CCCc2c1cnn2C)c1ccc2c(c1)OCCO2. The number of amides is 1. The van der Waals surface area contributed by atoms with Crippen molar-refractivity contribution < 1.29 is 14.3 Å². The molecule has 6 nitrogen and oxygen atoms in total. The van der Waals surface area contributed by atoms with Gasteiger partial charge in [-0.1, -0.05) is 6.07 Å². The zero-order valence-corrected chi connectivity index (χ0v) is 14.6. The zero-order valence-electron chi connectivity index (χ0n) is 14.6. The molecule has 0 radical (unpaired) electrons. The van der Waals surface area contributed by atoms with Crippen LogP contribution in [-0.4, -0.2) is 28.9 Å². The van der Waals surface area contributed by atoms with Gasteiger partial charge < -0.3 is 14.8 Å². The lowest BCUT2D eigenvalue weighted by atomic mass is 9.92. The third kappa shape index (κ3) is 2.97. The van der Waals surface area contributed by atoms with E-state index < -0.39 is 0 Å².